The van der Waals surface area contributed by atoms with Crippen molar-refractivity contribution in [1.82, 2.24) is 20.5 Å². The van der Waals surface area contributed by atoms with Crippen molar-refractivity contribution in [2.45, 2.75) is 20.4 Å². The fraction of sp³-hybridized carbons (Fsp3) is 0.478. The highest BCUT2D eigenvalue weighted by molar-refractivity contribution is 5.79. The Morgan fingerprint density at radius 3 is 2.60 bits per heavy atom. The van der Waals surface area contributed by atoms with Gasteiger partial charge in [0.05, 0.1) is 13.1 Å². The van der Waals surface area contributed by atoms with Crippen LogP contribution >= 0.6 is 0 Å². The van der Waals surface area contributed by atoms with Gasteiger partial charge < -0.3 is 25.2 Å². The Labute approximate surface area is 180 Å². The van der Waals surface area contributed by atoms with E-state index in [4.69, 9.17) is 9.73 Å². The van der Waals surface area contributed by atoms with E-state index in [9.17, 15) is 0 Å². The molecule has 0 amide bonds. The zero-order valence-corrected chi connectivity index (χ0v) is 18.4. The second kappa shape index (κ2) is 11.4. The quantitative estimate of drug-likeness (QED) is 0.395. The summed E-state index contributed by atoms with van der Waals surface area (Å²) in [6.45, 7) is 10.9. The van der Waals surface area contributed by atoms with Crippen molar-refractivity contribution < 1.29 is 4.74 Å². The van der Waals surface area contributed by atoms with Crippen molar-refractivity contribution in [2.24, 2.45) is 4.99 Å². The smallest absolute Gasteiger partial charge is 0.191 e. The summed E-state index contributed by atoms with van der Waals surface area (Å²) in [7, 11) is 2.16. The van der Waals surface area contributed by atoms with Gasteiger partial charge in [0, 0.05) is 44.5 Å². The third-order valence-electron chi connectivity index (χ3n) is 5.11. The Hall–Kier alpha value is -2.80. The zero-order valence-electron chi connectivity index (χ0n) is 18.4. The lowest BCUT2D eigenvalue weighted by Crippen LogP contribution is -2.45. The Balaban J connectivity index is 1.54. The lowest BCUT2D eigenvalue weighted by atomic mass is 10.2. The molecule has 2 N–H and O–H groups in total. The normalized spacial score (nSPS) is 15.2. The largest absolute Gasteiger partial charge is 0.492 e. The number of guanidine groups is 1. The van der Waals surface area contributed by atoms with Gasteiger partial charge in [-0.15, -0.1) is 0 Å². The van der Waals surface area contributed by atoms with Gasteiger partial charge in [-0.05, 0) is 39.1 Å². The Morgan fingerprint density at radius 1 is 1.10 bits per heavy atom. The molecule has 2 heterocycles. The number of nitrogens with one attached hydrogen (secondary N) is 2. The Morgan fingerprint density at radius 2 is 1.87 bits per heavy atom. The number of likely N-dealkylation sites (N-methyl/N-ethyl adjacent to an activating group) is 1. The molecule has 1 aromatic heterocycles. The number of piperazine rings is 1. The zero-order chi connectivity index (χ0) is 21.2. The van der Waals surface area contributed by atoms with Gasteiger partial charge in [-0.2, -0.15) is 0 Å². The van der Waals surface area contributed by atoms with Crippen LogP contribution in [-0.4, -0.2) is 68.8 Å². The van der Waals surface area contributed by atoms with Crippen LogP contribution in [0.1, 0.15) is 18.1 Å². The third kappa shape index (κ3) is 6.62. The van der Waals surface area contributed by atoms with Crippen molar-refractivity contribution in [3.8, 4) is 5.75 Å². The molecule has 30 heavy (non-hydrogen) atoms. The summed E-state index contributed by atoms with van der Waals surface area (Å²) in [5.74, 6) is 2.72. The van der Waals surface area contributed by atoms with Gasteiger partial charge in [0.25, 0.3) is 0 Å². The third-order valence-corrected chi connectivity index (χ3v) is 5.11. The van der Waals surface area contributed by atoms with Crippen molar-refractivity contribution in [1.29, 1.82) is 0 Å². The maximum Gasteiger partial charge on any atom is 0.191 e. The SMILES string of the molecule is CCNC(=NCc1cccnc1N1CCN(C)CC1)NCCOc1ccc(C)cc1. The van der Waals surface area contributed by atoms with E-state index in [1.165, 1.54) is 5.56 Å². The number of hydrogen-bond acceptors (Lipinski definition) is 5. The predicted molar refractivity (Wildman–Crippen MR) is 123 cm³/mol. The summed E-state index contributed by atoms with van der Waals surface area (Å²) < 4.78 is 5.79. The van der Waals surface area contributed by atoms with Crippen LogP contribution in [0.25, 0.3) is 0 Å². The summed E-state index contributed by atoms with van der Waals surface area (Å²) in [6, 6.07) is 12.2. The standard InChI is InChI=1S/C23H34N6O/c1-4-24-23(26-12-17-30-21-9-7-19(2)8-10-21)27-18-20-6-5-11-25-22(20)29-15-13-28(3)14-16-29/h5-11H,4,12-18H2,1-3H3,(H2,24,26,27). The number of benzene rings is 1. The van der Waals surface area contributed by atoms with Gasteiger partial charge in [-0.1, -0.05) is 23.8 Å². The maximum absolute atomic E-state index is 5.79. The van der Waals surface area contributed by atoms with Gasteiger partial charge in [0.1, 0.15) is 18.2 Å². The second-order valence-electron chi connectivity index (χ2n) is 7.56. The number of hydrogen-bond donors (Lipinski definition) is 2. The lowest BCUT2D eigenvalue weighted by Gasteiger charge is -2.34. The first kappa shape index (κ1) is 21.9. The highest BCUT2D eigenvalue weighted by Gasteiger charge is 2.17. The Bertz CT molecular complexity index is 800. The van der Waals surface area contributed by atoms with Crippen LogP contribution in [0.5, 0.6) is 5.75 Å². The summed E-state index contributed by atoms with van der Waals surface area (Å²) in [5.41, 5.74) is 2.38. The molecule has 0 saturated carbocycles. The Kier molecular flexibility index (Phi) is 8.32. The van der Waals surface area contributed by atoms with Crippen molar-refractivity contribution in [3.05, 3.63) is 53.7 Å². The van der Waals surface area contributed by atoms with Crippen LogP contribution in [0.15, 0.2) is 47.6 Å². The number of aryl methyl sites for hydroxylation is 1. The molecule has 7 nitrogen and oxygen atoms in total. The van der Waals surface area contributed by atoms with E-state index in [-0.39, 0.29) is 0 Å². The molecule has 0 aliphatic carbocycles. The van der Waals surface area contributed by atoms with Crippen LogP contribution in [0, 0.1) is 6.92 Å². The van der Waals surface area contributed by atoms with Gasteiger partial charge in [0.2, 0.25) is 0 Å². The number of aliphatic imine (C=N–C) groups is 1. The monoisotopic (exact) mass is 410 g/mol. The minimum Gasteiger partial charge on any atom is -0.492 e. The molecule has 3 rings (SSSR count). The van der Waals surface area contributed by atoms with E-state index in [0.29, 0.717) is 19.7 Å². The molecule has 0 atom stereocenters. The second-order valence-corrected chi connectivity index (χ2v) is 7.56. The van der Waals surface area contributed by atoms with Crippen LogP contribution in [-0.2, 0) is 6.54 Å². The molecular formula is C23H34N6O. The van der Waals surface area contributed by atoms with Gasteiger partial charge in [-0.3, -0.25) is 0 Å². The first-order chi connectivity index (χ1) is 14.7. The van der Waals surface area contributed by atoms with Crippen LogP contribution < -0.4 is 20.3 Å². The fourth-order valence-electron chi connectivity index (χ4n) is 3.34. The van der Waals surface area contributed by atoms with Gasteiger partial charge in [-0.25, -0.2) is 9.98 Å². The van der Waals surface area contributed by atoms with Crippen LogP contribution in [0.3, 0.4) is 0 Å². The topological polar surface area (TPSA) is 65.0 Å². The number of rotatable bonds is 8. The number of pyridine rings is 1. The van der Waals surface area contributed by atoms with Crippen LogP contribution in [0.2, 0.25) is 0 Å². The molecular weight excluding hydrogens is 376 g/mol. The molecule has 1 saturated heterocycles. The molecule has 0 spiro atoms. The molecule has 2 aromatic rings. The van der Waals surface area contributed by atoms with Crippen molar-refractivity contribution in [3.63, 3.8) is 0 Å². The summed E-state index contributed by atoms with van der Waals surface area (Å²) >= 11 is 0. The molecule has 0 radical (unpaired) electrons. The number of nitrogens with zero attached hydrogens (tertiary/aromatic N) is 4. The predicted octanol–water partition coefficient (Wildman–Crippen LogP) is 2.28. The maximum atomic E-state index is 5.79. The van der Waals surface area contributed by atoms with E-state index in [0.717, 1.165) is 55.8 Å². The van der Waals surface area contributed by atoms with Crippen LogP contribution in [0.4, 0.5) is 5.82 Å². The van der Waals surface area contributed by atoms with E-state index >= 15 is 0 Å². The highest BCUT2D eigenvalue weighted by Crippen LogP contribution is 2.19. The first-order valence-electron chi connectivity index (χ1n) is 10.7. The number of aromatic nitrogens is 1. The van der Waals surface area contributed by atoms with Crippen molar-refractivity contribution in [2.75, 3.05) is 57.8 Å². The summed E-state index contributed by atoms with van der Waals surface area (Å²) in [5, 5.41) is 6.66. The minimum absolute atomic E-state index is 0.576. The van der Waals surface area contributed by atoms with E-state index in [1.807, 2.05) is 24.4 Å². The summed E-state index contributed by atoms with van der Waals surface area (Å²) in [6.07, 6.45) is 1.87. The molecule has 1 aromatic carbocycles. The lowest BCUT2D eigenvalue weighted by molar-refractivity contribution is 0.312. The molecule has 7 heteroatoms. The first-order valence-corrected chi connectivity index (χ1v) is 10.7. The minimum atomic E-state index is 0.576. The number of anilines is 1. The van der Waals surface area contributed by atoms with E-state index in [1.54, 1.807) is 0 Å². The highest BCUT2D eigenvalue weighted by atomic mass is 16.5. The summed E-state index contributed by atoms with van der Waals surface area (Å²) in [4.78, 5) is 14.1. The molecule has 1 aliphatic heterocycles. The molecule has 1 fully saturated rings. The molecule has 162 valence electrons. The molecule has 0 unspecified atom stereocenters. The van der Waals surface area contributed by atoms with Gasteiger partial charge >= 0.3 is 0 Å². The number of ether oxygens (including phenoxy) is 1. The molecule has 0 bridgehead atoms. The van der Waals surface area contributed by atoms with Gasteiger partial charge in [0.15, 0.2) is 5.96 Å². The fourth-order valence-corrected chi connectivity index (χ4v) is 3.34. The van der Waals surface area contributed by atoms with Crippen molar-refractivity contribution >= 4 is 11.8 Å². The average molecular weight is 411 g/mol. The van der Waals surface area contributed by atoms with E-state index < -0.39 is 0 Å². The molecule has 1 aliphatic rings. The van der Waals surface area contributed by atoms with E-state index in [2.05, 4.69) is 64.5 Å². The average Bonchev–Trinajstić information content (AvgIpc) is 2.77.